The van der Waals surface area contributed by atoms with Crippen LogP contribution in [0.5, 0.6) is 11.5 Å². The van der Waals surface area contributed by atoms with Crippen molar-refractivity contribution in [1.29, 1.82) is 0 Å². The number of halogens is 2. The number of likely N-dealkylation sites (N-methyl/N-ethyl adjacent to an activating group) is 1. The van der Waals surface area contributed by atoms with Crippen LogP contribution in [0.15, 0.2) is 36.7 Å². The number of hydrogen-bond donors (Lipinski definition) is 0. The summed E-state index contributed by atoms with van der Waals surface area (Å²) in [5.41, 5.74) is -3.36. The first-order chi connectivity index (χ1) is 26.1. The highest BCUT2D eigenvalue weighted by atomic mass is 35.5. The lowest BCUT2D eigenvalue weighted by Gasteiger charge is -2.32. The summed E-state index contributed by atoms with van der Waals surface area (Å²) in [6.07, 6.45) is -1.26. The van der Waals surface area contributed by atoms with E-state index >= 15 is 0 Å². The molecule has 56 heavy (non-hydrogen) atoms. The van der Waals surface area contributed by atoms with E-state index in [4.69, 9.17) is 42.1 Å². The van der Waals surface area contributed by atoms with Crippen LogP contribution in [0.25, 0.3) is 0 Å². The summed E-state index contributed by atoms with van der Waals surface area (Å²) in [5.74, 6) is -0.851. The Morgan fingerprint density at radius 2 is 1.36 bits per heavy atom. The minimum atomic E-state index is -1.18. The Balaban J connectivity index is 1.85. The molecule has 1 aliphatic rings. The topological polar surface area (TPSA) is 190 Å². The zero-order chi connectivity index (χ0) is 41.9. The number of aromatic nitrogens is 2. The monoisotopic (exact) mass is 818 g/mol. The van der Waals surface area contributed by atoms with Crippen LogP contribution in [-0.4, -0.2) is 115 Å². The second kappa shape index (κ2) is 17.1. The van der Waals surface area contributed by atoms with Crippen molar-refractivity contribution in [2.24, 2.45) is 0 Å². The van der Waals surface area contributed by atoms with E-state index in [0.29, 0.717) is 31.1 Å². The third kappa shape index (κ3) is 9.85. The van der Waals surface area contributed by atoms with E-state index in [1.165, 1.54) is 39.5 Å². The maximum Gasteiger partial charge on any atom is 0.423 e. The summed E-state index contributed by atoms with van der Waals surface area (Å²) in [5, 5.41) is 12.1. The van der Waals surface area contributed by atoms with Crippen molar-refractivity contribution in [2.45, 2.75) is 52.7 Å². The molecule has 1 saturated heterocycles. The number of rotatable bonds is 8. The van der Waals surface area contributed by atoms with E-state index in [-0.39, 0.29) is 50.1 Å². The van der Waals surface area contributed by atoms with E-state index in [1.807, 2.05) is 7.05 Å². The van der Waals surface area contributed by atoms with Gasteiger partial charge in [0.05, 0.1) is 19.1 Å². The largest absolute Gasteiger partial charge is 0.495 e. The molecule has 2 aromatic carbocycles. The van der Waals surface area contributed by atoms with E-state index in [2.05, 4.69) is 14.9 Å². The molecular weight excluding hydrogens is 775 g/mol. The lowest BCUT2D eigenvalue weighted by atomic mass is 10.1. The molecule has 0 spiro atoms. The number of anilines is 4. The fourth-order valence-corrected chi connectivity index (χ4v) is 6.01. The van der Waals surface area contributed by atoms with Gasteiger partial charge in [-0.05, 0) is 60.7 Å². The number of carbonyl (C=O) groups excluding carboxylic acids is 4. The number of urea groups is 1. The van der Waals surface area contributed by atoms with Crippen LogP contribution in [-0.2, 0) is 9.47 Å². The van der Waals surface area contributed by atoms with Gasteiger partial charge in [-0.15, -0.1) is 0 Å². The standard InChI is InChI=1S/C36H44Cl2N8O10/c1-35(2,3)55-33(49)44(22-12-11-21(17-23(22)46(51)52)31(47)43-15-13-41(7)14-16-43)27-19-26(39-20-40-27)42(8)32(48)45(34(50)56-36(4,5)6)30-28(37)24(53-9)18-25(54-10)29(30)38/h11-12,17-20H,13-16H2,1-10H3. The molecule has 18 nitrogen and oxygen atoms in total. The molecule has 0 unspecified atom stereocenters. The number of nitro benzene ring substituents is 1. The molecule has 1 aliphatic heterocycles. The van der Waals surface area contributed by atoms with Gasteiger partial charge < -0.3 is 28.7 Å². The Hall–Kier alpha value is -5.46. The van der Waals surface area contributed by atoms with Crippen LogP contribution in [0.3, 0.4) is 0 Å². The molecule has 0 aliphatic carbocycles. The predicted molar refractivity (Wildman–Crippen MR) is 209 cm³/mol. The van der Waals surface area contributed by atoms with E-state index in [0.717, 1.165) is 28.3 Å². The third-order valence-electron chi connectivity index (χ3n) is 8.07. The molecule has 20 heteroatoms. The molecule has 2 heterocycles. The molecule has 302 valence electrons. The van der Waals surface area contributed by atoms with Crippen LogP contribution in [0.1, 0.15) is 51.9 Å². The van der Waals surface area contributed by atoms with Gasteiger partial charge in [0.15, 0.2) is 0 Å². The van der Waals surface area contributed by atoms with Crippen LogP contribution in [0, 0.1) is 10.1 Å². The van der Waals surface area contributed by atoms with E-state index in [1.54, 1.807) is 46.4 Å². The van der Waals surface area contributed by atoms with Crippen molar-refractivity contribution in [3.63, 3.8) is 0 Å². The zero-order valence-corrected chi connectivity index (χ0v) is 34.2. The van der Waals surface area contributed by atoms with Gasteiger partial charge in [-0.25, -0.2) is 29.3 Å². The average molecular weight is 820 g/mol. The highest BCUT2D eigenvalue weighted by Crippen LogP contribution is 2.47. The summed E-state index contributed by atoms with van der Waals surface area (Å²) >= 11 is 13.3. The molecule has 0 atom stereocenters. The minimum Gasteiger partial charge on any atom is -0.495 e. The summed E-state index contributed by atoms with van der Waals surface area (Å²) in [7, 11) is 5.81. The maximum atomic E-state index is 14.4. The maximum absolute atomic E-state index is 14.4. The molecule has 1 fully saturated rings. The Bertz CT molecular complexity index is 1980. The van der Waals surface area contributed by atoms with Gasteiger partial charge in [-0.3, -0.25) is 19.8 Å². The number of imide groups is 1. The number of amides is 5. The number of ether oxygens (including phenoxy) is 4. The smallest absolute Gasteiger partial charge is 0.423 e. The first-order valence-electron chi connectivity index (χ1n) is 17.1. The van der Waals surface area contributed by atoms with Crippen LogP contribution >= 0.6 is 23.2 Å². The quantitative estimate of drug-likeness (QED) is 0.164. The third-order valence-corrected chi connectivity index (χ3v) is 8.80. The minimum absolute atomic E-state index is 0.0158. The number of benzene rings is 2. The highest BCUT2D eigenvalue weighted by molar-refractivity contribution is 6.43. The van der Waals surface area contributed by atoms with Gasteiger partial charge in [0.1, 0.15) is 62.1 Å². The van der Waals surface area contributed by atoms with Crippen LogP contribution < -0.4 is 24.2 Å². The Labute approximate surface area is 333 Å². The second-order valence-electron chi connectivity index (χ2n) is 14.5. The molecule has 3 aromatic rings. The van der Waals surface area contributed by atoms with Gasteiger partial charge in [0, 0.05) is 57.0 Å². The number of carbonyl (C=O) groups is 4. The predicted octanol–water partition coefficient (Wildman–Crippen LogP) is 7.17. The molecule has 0 saturated carbocycles. The SMILES string of the molecule is COc1cc(OC)c(Cl)c(N(C(=O)OC(C)(C)C)C(=O)N(C)c2cc(N(C(=O)OC(C)(C)C)c3ccc(C(=O)N4CCN(C)CC4)cc3[N+](=O)[O-])ncn2)c1Cl. The summed E-state index contributed by atoms with van der Waals surface area (Å²) < 4.78 is 21.9. The molecule has 0 bridgehead atoms. The highest BCUT2D eigenvalue weighted by Gasteiger charge is 2.38. The van der Waals surface area contributed by atoms with Crippen molar-refractivity contribution in [2.75, 3.05) is 69.2 Å². The van der Waals surface area contributed by atoms with Gasteiger partial charge in [-0.1, -0.05) is 23.2 Å². The molecule has 5 amide bonds. The summed E-state index contributed by atoms with van der Waals surface area (Å²) in [6.45, 7) is 11.7. The molecule has 4 rings (SSSR count). The van der Waals surface area contributed by atoms with Gasteiger partial charge >= 0.3 is 18.2 Å². The number of piperazine rings is 1. The first kappa shape index (κ1) is 43.3. The summed E-state index contributed by atoms with van der Waals surface area (Å²) in [6, 6.07) is 5.13. The Kier molecular flexibility index (Phi) is 13.2. The number of methoxy groups -OCH3 is 2. The lowest BCUT2D eigenvalue weighted by molar-refractivity contribution is -0.384. The fourth-order valence-electron chi connectivity index (χ4n) is 5.34. The van der Waals surface area contributed by atoms with Gasteiger partial charge in [0.25, 0.3) is 11.6 Å². The second-order valence-corrected chi connectivity index (χ2v) is 15.3. The molecule has 0 radical (unpaired) electrons. The van der Waals surface area contributed by atoms with Crippen LogP contribution in [0.2, 0.25) is 10.0 Å². The van der Waals surface area contributed by atoms with Gasteiger partial charge in [0.2, 0.25) is 0 Å². The Morgan fingerprint density at radius 1 is 0.821 bits per heavy atom. The van der Waals surface area contributed by atoms with Gasteiger partial charge in [-0.2, -0.15) is 4.90 Å². The summed E-state index contributed by atoms with van der Waals surface area (Å²) in [4.78, 5) is 81.6. The van der Waals surface area contributed by atoms with Crippen LogP contribution in [0.4, 0.5) is 43.1 Å². The van der Waals surface area contributed by atoms with Crippen molar-refractivity contribution >= 4 is 76.0 Å². The molecular formula is C36H44Cl2N8O10. The van der Waals surface area contributed by atoms with Crippen molar-refractivity contribution in [3.8, 4) is 11.5 Å². The lowest BCUT2D eigenvalue weighted by Crippen LogP contribution is -2.48. The van der Waals surface area contributed by atoms with Crippen molar-refractivity contribution in [1.82, 2.24) is 19.8 Å². The van der Waals surface area contributed by atoms with E-state index in [9.17, 15) is 29.3 Å². The normalized spacial score (nSPS) is 13.4. The fraction of sp³-hybridized carbons (Fsp3) is 0.444. The number of nitrogens with zero attached hydrogens (tertiary/aromatic N) is 8. The van der Waals surface area contributed by atoms with Crippen molar-refractivity contribution < 1.29 is 43.0 Å². The average Bonchev–Trinajstić information content (AvgIpc) is 3.11. The Morgan fingerprint density at radius 3 is 1.88 bits per heavy atom. The zero-order valence-electron chi connectivity index (χ0n) is 32.7. The molecule has 0 N–H and O–H groups in total. The first-order valence-corrected chi connectivity index (χ1v) is 17.9. The number of nitro groups is 1. The van der Waals surface area contributed by atoms with Crippen molar-refractivity contribution in [3.05, 3.63) is 62.4 Å². The number of hydrogen-bond acceptors (Lipinski definition) is 13. The van der Waals surface area contributed by atoms with E-state index < -0.39 is 45.9 Å². The molecule has 1 aromatic heterocycles.